The average Bonchev–Trinajstić information content (AvgIpc) is 3.21. The number of hydrogen-bond donors (Lipinski definition) is 2. The molecule has 0 spiro atoms. The summed E-state index contributed by atoms with van der Waals surface area (Å²) in [6, 6.07) is 22.3. The van der Waals surface area contributed by atoms with Crippen LogP contribution in [0.2, 0.25) is 0 Å². The number of fused-ring (bicyclic) bond motifs is 1. The molecular formula is C24H18BrN3O2S. The monoisotopic (exact) mass is 491 g/mol. The van der Waals surface area contributed by atoms with E-state index in [4.69, 9.17) is 0 Å². The number of carbonyl (C=O) groups excluding carboxylic acids is 2. The summed E-state index contributed by atoms with van der Waals surface area (Å²) < 4.78 is 0.990. The van der Waals surface area contributed by atoms with Gasteiger partial charge in [0.2, 0.25) is 5.91 Å². The summed E-state index contributed by atoms with van der Waals surface area (Å²) in [6.07, 6.45) is 3.32. The Morgan fingerprint density at radius 2 is 1.74 bits per heavy atom. The first kappa shape index (κ1) is 21.1. The number of ketones is 1. The van der Waals surface area contributed by atoms with Gasteiger partial charge < -0.3 is 10.3 Å². The first-order valence-electron chi connectivity index (χ1n) is 9.52. The minimum Gasteiger partial charge on any atom is -0.333 e. The molecule has 0 aliphatic carbocycles. The van der Waals surface area contributed by atoms with Crippen molar-refractivity contribution in [3.8, 4) is 0 Å². The second-order valence-corrected chi connectivity index (χ2v) is 8.60. The molecule has 4 rings (SSSR count). The van der Waals surface area contributed by atoms with Crippen molar-refractivity contribution in [1.29, 1.82) is 0 Å². The van der Waals surface area contributed by atoms with E-state index < -0.39 is 0 Å². The summed E-state index contributed by atoms with van der Waals surface area (Å²) in [7, 11) is 0. The van der Waals surface area contributed by atoms with Gasteiger partial charge in [-0.25, -0.2) is 4.98 Å². The van der Waals surface area contributed by atoms with Crippen molar-refractivity contribution >= 4 is 62.2 Å². The van der Waals surface area contributed by atoms with Crippen molar-refractivity contribution in [1.82, 2.24) is 9.97 Å². The number of nitrogens with one attached hydrogen (secondary N) is 2. The molecule has 0 unspecified atom stereocenters. The molecule has 2 N–H and O–H groups in total. The summed E-state index contributed by atoms with van der Waals surface area (Å²) in [6.45, 7) is 0. The lowest BCUT2D eigenvalue weighted by Gasteiger charge is -2.05. The number of para-hydroxylation sites is 2. The summed E-state index contributed by atoms with van der Waals surface area (Å²) in [4.78, 5) is 32.2. The molecule has 5 nitrogen and oxygen atoms in total. The molecule has 1 aromatic heterocycles. The number of imidazole rings is 1. The molecule has 0 aliphatic heterocycles. The molecule has 0 aliphatic rings. The zero-order chi connectivity index (χ0) is 21.6. The van der Waals surface area contributed by atoms with Gasteiger partial charge in [0.15, 0.2) is 10.9 Å². The normalized spacial score (nSPS) is 11.1. The Balaban J connectivity index is 1.30. The molecule has 0 bridgehead atoms. The number of aromatic amines is 1. The fourth-order valence-electron chi connectivity index (χ4n) is 2.89. The van der Waals surface area contributed by atoms with E-state index in [1.54, 1.807) is 36.4 Å². The Kier molecular flexibility index (Phi) is 6.64. The smallest absolute Gasteiger partial charge is 0.234 e. The highest BCUT2D eigenvalue weighted by atomic mass is 79.9. The third-order valence-corrected chi connectivity index (χ3v) is 5.86. The Morgan fingerprint density at radius 1 is 1.00 bits per heavy atom. The quantitative estimate of drug-likeness (QED) is 0.190. The third kappa shape index (κ3) is 5.71. The topological polar surface area (TPSA) is 74.8 Å². The van der Waals surface area contributed by atoms with Crippen LogP contribution in [0.4, 0.5) is 5.69 Å². The second-order valence-electron chi connectivity index (χ2n) is 6.72. The van der Waals surface area contributed by atoms with E-state index in [1.165, 1.54) is 11.8 Å². The lowest BCUT2D eigenvalue weighted by atomic mass is 10.1. The van der Waals surface area contributed by atoms with Crippen molar-refractivity contribution in [2.75, 3.05) is 11.1 Å². The lowest BCUT2D eigenvalue weighted by Crippen LogP contribution is -2.14. The number of anilines is 1. The average molecular weight is 492 g/mol. The molecule has 0 saturated heterocycles. The van der Waals surface area contributed by atoms with E-state index in [9.17, 15) is 9.59 Å². The number of benzene rings is 3. The summed E-state index contributed by atoms with van der Waals surface area (Å²) in [5.74, 6) is -0.00270. The van der Waals surface area contributed by atoms with E-state index in [0.717, 1.165) is 21.1 Å². The van der Waals surface area contributed by atoms with Crippen molar-refractivity contribution in [3.05, 3.63) is 94.5 Å². The maximum atomic E-state index is 12.4. The zero-order valence-electron chi connectivity index (χ0n) is 16.3. The van der Waals surface area contributed by atoms with Crippen LogP contribution in [0.1, 0.15) is 15.9 Å². The van der Waals surface area contributed by atoms with E-state index in [2.05, 4.69) is 31.2 Å². The van der Waals surface area contributed by atoms with E-state index in [1.807, 2.05) is 48.5 Å². The number of halogens is 1. The molecular weight excluding hydrogens is 474 g/mol. The Bertz CT molecular complexity index is 1220. The van der Waals surface area contributed by atoms with Gasteiger partial charge in [0, 0.05) is 15.7 Å². The van der Waals surface area contributed by atoms with Crippen molar-refractivity contribution in [3.63, 3.8) is 0 Å². The predicted octanol–water partition coefficient (Wildman–Crippen LogP) is 5.95. The SMILES string of the molecule is O=C(CSc1nc2ccccc2[nH]1)Nc1ccc(C(=O)/C=C/c2ccc(Br)cc2)cc1. The van der Waals surface area contributed by atoms with Crippen LogP contribution >= 0.6 is 27.7 Å². The summed E-state index contributed by atoms with van der Waals surface area (Å²) in [5, 5.41) is 3.54. The number of amides is 1. The molecule has 0 fully saturated rings. The fourth-order valence-corrected chi connectivity index (χ4v) is 3.84. The number of allylic oxidation sites excluding steroid dienone is 1. The van der Waals surface area contributed by atoms with Crippen molar-refractivity contribution in [2.45, 2.75) is 5.16 Å². The highest BCUT2D eigenvalue weighted by Crippen LogP contribution is 2.20. The summed E-state index contributed by atoms with van der Waals surface area (Å²) in [5.41, 5.74) is 3.97. The molecule has 1 heterocycles. The van der Waals surface area contributed by atoms with Crippen LogP contribution in [0.5, 0.6) is 0 Å². The first-order valence-corrected chi connectivity index (χ1v) is 11.3. The molecule has 0 atom stereocenters. The number of hydrogen-bond acceptors (Lipinski definition) is 4. The Morgan fingerprint density at radius 3 is 2.48 bits per heavy atom. The van der Waals surface area contributed by atoms with Gasteiger partial charge in [-0.3, -0.25) is 9.59 Å². The molecule has 7 heteroatoms. The van der Waals surface area contributed by atoms with E-state index in [-0.39, 0.29) is 17.4 Å². The standard InChI is InChI=1S/C24H18BrN3O2S/c25-18-10-5-16(6-11-18)7-14-22(29)17-8-12-19(13-9-17)26-23(30)15-31-24-27-20-3-1-2-4-21(20)28-24/h1-14H,15H2,(H,26,30)(H,27,28)/b14-7+. The lowest BCUT2D eigenvalue weighted by molar-refractivity contribution is -0.113. The van der Waals surface area contributed by atoms with Crippen LogP contribution in [0, 0.1) is 0 Å². The number of H-pyrrole nitrogens is 1. The van der Waals surface area contributed by atoms with Gasteiger partial charge in [0.1, 0.15) is 0 Å². The van der Waals surface area contributed by atoms with Gasteiger partial charge in [0.05, 0.1) is 16.8 Å². The van der Waals surface area contributed by atoms with Gasteiger partial charge in [-0.05, 0) is 60.2 Å². The largest absolute Gasteiger partial charge is 0.333 e. The minimum atomic E-state index is -0.139. The minimum absolute atomic E-state index is 0.0961. The number of aromatic nitrogens is 2. The molecule has 0 saturated carbocycles. The molecule has 31 heavy (non-hydrogen) atoms. The van der Waals surface area contributed by atoms with Crippen LogP contribution in [-0.4, -0.2) is 27.4 Å². The maximum absolute atomic E-state index is 12.4. The van der Waals surface area contributed by atoms with E-state index in [0.29, 0.717) is 16.4 Å². The van der Waals surface area contributed by atoms with Gasteiger partial charge in [-0.2, -0.15) is 0 Å². The number of thioether (sulfide) groups is 1. The molecule has 4 aromatic rings. The molecule has 0 radical (unpaired) electrons. The second kappa shape index (κ2) is 9.76. The highest BCUT2D eigenvalue weighted by molar-refractivity contribution is 9.10. The Hall–Kier alpha value is -3.16. The maximum Gasteiger partial charge on any atom is 0.234 e. The third-order valence-electron chi connectivity index (χ3n) is 4.46. The van der Waals surface area contributed by atoms with Crippen molar-refractivity contribution < 1.29 is 9.59 Å². The molecule has 1 amide bonds. The van der Waals surface area contributed by atoms with Crippen LogP contribution in [0.3, 0.4) is 0 Å². The Labute approximate surface area is 192 Å². The number of rotatable bonds is 7. The van der Waals surface area contributed by atoms with Crippen LogP contribution in [0.15, 0.2) is 88.5 Å². The van der Waals surface area contributed by atoms with Gasteiger partial charge >= 0.3 is 0 Å². The molecule has 154 valence electrons. The van der Waals surface area contributed by atoms with Crippen LogP contribution in [-0.2, 0) is 4.79 Å². The van der Waals surface area contributed by atoms with E-state index >= 15 is 0 Å². The highest BCUT2D eigenvalue weighted by Gasteiger charge is 2.08. The molecule has 3 aromatic carbocycles. The first-order chi connectivity index (χ1) is 15.1. The van der Waals surface area contributed by atoms with Crippen LogP contribution < -0.4 is 5.32 Å². The summed E-state index contributed by atoms with van der Waals surface area (Å²) >= 11 is 4.73. The zero-order valence-corrected chi connectivity index (χ0v) is 18.7. The number of nitrogens with zero attached hydrogens (tertiary/aromatic N) is 1. The number of carbonyl (C=O) groups is 2. The van der Waals surface area contributed by atoms with Gasteiger partial charge in [-0.15, -0.1) is 0 Å². The van der Waals surface area contributed by atoms with Gasteiger partial charge in [0.25, 0.3) is 0 Å². The van der Waals surface area contributed by atoms with Crippen LogP contribution in [0.25, 0.3) is 17.1 Å². The fraction of sp³-hybridized carbons (Fsp3) is 0.0417. The predicted molar refractivity (Wildman–Crippen MR) is 129 cm³/mol. The van der Waals surface area contributed by atoms with Crippen molar-refractivity contribution in [2.24, 2.45) is 0 Å². The van der Waals surface area contributed by atoms with Gasteiger partial charge in [-0.1, -0.05) is 58.0 Å².